The van der Waals surface area contributed by atoms with Gasteiger partial charge in [0, 0.05) is 29.5 Å². The third kappa shape index (κ3) is 4.36. The SMILES string of the molecule is COc1ccc([C@@H](c2ccc3c(cnn3-c3ccc(F)cc3)c2)[C@@H](CO)NC(=O)C2CC2)cn1. The van der Waals surface area contributed by atoms with Crippen molar-refractivity contribution in [2.24, 2.45) is 5.92 Å². The van der Waals surface area contributed by atoms with E-state index in [9.17, 15) is 14.3 Å². The summed E-state index contributed by atoms with van der Waals surface area (Å²) in [5, 5.41) is 18.7. The largest absolute Gasteiger partial charge is 0.481 e. The van der Waals surface area contributed by atoms with Crippen LogP contribution in [0.25, 0.3) is 16.6 Å². The second-order valence-electron chi connectivity index (χ2n) is 8.53. The van der Waals surface area contributed by atoms with Crippen molar-refractivity contribution in [2.75, 3.05) is 13.7 Å². The van der Waals surface area contributed by atoms with E-state index >= 15 is 0 Å². The van der Waals surface area contributed by atoms with Gasteiger partial charge in [-0.15, -0.1) is 0 Å². The molecule has 8 heteroatoms. The molecule has 7 nitrogen and oxygen atoms in total. The number of carbonyl (C=O) groups excluding carboxylic acids is 1. The van der Waals surface area contributed by atoms with Gasteiger partial charge in [0.15, 0.2) is 0 Å². The topological polar surface area (TPSA) is 89.3 Å². The smallest absolute Gasteiger partial charge is 0.223 e. The van der Waals surface area contributed by atoms with Crippen molar-refractivity contribution in [3.05, 3.63) is 83.9 Å². The number of carbonyl (C=O) groups is 1. The quantitative estimate of drug-likeness (QED) is 0.420. The molecule has 0 spiro atoms. The number of pyridine rings is 1. The lowest BCUT2D eigenvalue weighted by Crippen LogP contribution is -2.43. The van der Waals surface area contributed by atoms with Crippen LogP contribution in [-0.4, -0.2) is 45.5 Å². The van der Waals surface area contributed by atoms with Gasteiger partial charge in [0.2, 0.25) is 11.8 Å². The molecule has 4 aromatic rings. The second-order valence-corrected chi connectivity index (χ2v) is 8.53. The van der Waals surface area contributed by atoms with Gasteiger partial charge in [0.1, 0.15) is 5.82 Å². The third-order valence-corrected chi connectivity index (χ3v) is 6.22. The van der Waals surface area contributed by atoms with E-state index in [0.717, 1.165) is 40.6 Å². The highest BCUT2D eigenvalue weighted by Gasteiger charge is 2.34. The monoisotopic (exact) mass is 460 g/mol. The molecule has 2 aromatic carbocycles. The van der Waals surface area contributed by atoms with Crippen LogP contribution in [0.5, 0.6) is 5.88 Å². The molecule has 2 atom stereocenters. The summed E-state index contributed by atoms with van der Waals surface area (Å²) in [6, 6.07) is 15.2. The van der Waals surface area contributed by atoms with Crippen LogP contribution < -0.4 is 10.1 Å². The Labute approximate surface area is 196 Å². The molecule has 0 radical (unpaired) electrons. The van der Waals surface area contributed by atoms with Gasteiger partial charge < -0.3 is 15.2 Å². The molecule has 1 amide bonds. The minimum Gasteiger partial charge on any atom is -0.481 e. The second kappa shape index (κ2) is 9.23. The highest BCUT2D eigenvalue weighted by molar-refractivity contribution is 5.82. The van der Waals surface area contributed by atoms with Gasteiger partial charge in [-0.1, -0.05) is 12.1 Å². The molecular formula is C26H25FN4O3. The van der Waals surface area contributed by atoms with E-state index in [1.807, 2.05) is 24.3 Å². The minimum atomic E-state index is -0.520. The van der Waals surface area contributed by atoms with Crippen molar-refractivity contribution < 1.29 is 19.0 Å². The highest BCUT2D eigenvalue weighted by atomic mass is 19.1. The highest BCUT2D eigenvalue weighted by Crippen LogP contribution is 2.33. The molecule has 0 bridgehead atoms. The number of hydrogen-bond donors (Lipinski definition) is 2. The number of halogens is 1. The van der Waals surface area contributed by atoms with Gasteiger partial charge in [-0.25, -0.2) is 14.1 Å². The van der Waals surface area contributed by atoms with Crippen LogP contribution >= 0.6 is 0 Å². The van der Waals surface area contributed by atoms with Crippen LogP contribution in [-0.2, 0) is 4.79 Å². The molecular weight excluding hydrogens is 435 g/mol. The predicted octanol–water partition coefficient (Wildman–Crippen LogP) is 3.59. The predicted molar refractivity (Wildman–Crippen MR) is 125 cm³/mol. The zero-order chi connectivity index (χ0) is 23.7. The molecule has 1 fully saturated rings. The zero-order valence-corrected chi connectivity index (χ0v) is 18.7. The Morgan fingerprint density at radius 3 is 2.56 bits per heavy atom. The van der Waals surface area contributed by atoms with Crippen molar-refractivity contribution in [1.29, 1.82) is 0 Å². The Bertz CT molecular complexity index is 1300. The van der Waals surface area contributed by atoms with Crippen molar-refractivity contribution in [3.8, 4) is 11.6 Å². The maximum Gasteiger partial charge on any atom is 0.223 e. The van der Waals surface area contributed by atoms with E-state index in [0.29, 0.717) is 5.88 Å². The van der Waals surface area contributed by atoms with Crippen LogP contribution in [0.4, 0.5) is 4.39 Å². The van der Waals surface area contributed by atoms with E-state index in [1.54, 1.807) is 42.4 Å². The number of benzene rings is 2. The summed E-state index contributed by atoms with van der Waals surface area (Å²) in [4.78, 5) is 16.9. The Morgan fingerprint density at radius 1 is 1.15 bits per heavy atom. The van der Waals surface area contributed by atoms with Gasteiger partial charge in [-0.3, -0.25) is 4.79 Å². The Hall–Kier alpha value is -3.78. The fourth-order valence-electron chi connectivity index (χ4n) is 4.27. The summed E-state index contributed by atoms with van der Waals surface area (Å²) in [5.41, 5.74) is 3.38. The molecule has 5 rings (SSSR count). The number of amides is 1. The van der Waals surface area contributed by atoms with Crippen molar-refractivity contribution in [1.82, 2.24) is 20.1 Å². The lowest BCUT2D eigenvalue weighted by molar-refractivity contribution is -0.123. The van der Waals surface area contributed by atoms with Crippen LogP contribution in [0, 0.1) is 11.7 Å². The number of hydrogen-bond acceptors (Lipinski definition) is 5. The number of aliphatic hydroxyl groups is 1. The maximum absolute atomic E-state index is 13.4. The number of aromatic nitrogens is 3. The molecule has 2 N–H and O–H groups in total. The van der Waals surface area contributed by atoms with Crippen LogP contribution in [0.1, 0.15) is 29.9 Å². The number of nitrogens with zero attached hydrogens (tertiary/aromatic N) is 3. The normalized spacial score (nSPS) is 15.1. The average Bonchev–Trinajstić information content (AvgIpc) is 3.64. The molecule has 0 unspecified atom stereocenters. The zero-order valence-electron chi connectivity index (χ0n) is 18.7. The van der Waals surface area contributed by atoms with E-state index in [1.165, 1.54) is 12.1 Å². The fraction of sp³-hybridized carbons (Fsp3) is 0.269. The fourth-order valence-corrected chi connectivity index (χ4v) is 4.27. The molecule has 1 aliphatic carbocycles. The molecule has 2 heterocycles. The maximum atomic E-state index is 13.4. The van der Waals surface area contributed by atoms with Gasteiger partial charge in [-0.2, -0.15) is 5.10 Å². The van der Waals surface area contributed by atoms with E-state index in [4.69, 9.17) is 4.74 Å². The van der Waals surface area contributed by atoms with Crippen LogP contribution in [0.15, 0.2) is 67.0 Å². The van der Waals surface area contributed by atoms with Gasteiger partial charge in [0.25, 0.3) is 0 Å². The third-order valence-electron chi connectivity index (χ3n) is 6.22. The van der Waals surface area contributed by atoms with E-state index in [-0.39, 0.29) is 30.2 Å². The number of ether oxygens (including phenoxy) is 1. The van der Waals surface area contributed by atoms with Crippen molar-refractivity contribution in [3.63, 3.8) is 0 Å². The number of methoxy groups -OCH3 is 1. The molecule has 0 saturated heterocycles. The van der Waals surface area contributed by atoms with E-state index < -0.39 is 6.04 Å². The molecule has 34 heavy (non-hydrogen) atoms. The molecule has 2 aromatic heterocycles. The average molecular weight is 461 g/mol. The number of aliphatic hydroxyl groups excluding tert-OH is 1. The Kier molecular flexibility index (Phi) is 5.98. The summed E-state index contributed by atoms with van der Waals surface area (Å²) in [6.45, 7) is -0.220. The molecule has 0 aliphatic heterocycles. The molecule has 1 saturated carbocycles. The summed E-state index contributed by atoms with van der Waals surface area (Å²) in [6.07, 6.45) is 5.23. The standard InChI is InChI=1S/C26H25FN4O3/c1-34-24-11-5-18(13-28-24)25(22(15-32)30-26(33)16-2-3-16)17-4-10-23-19(12-17)14-29-31(23)21-8-6-20(27)7-9-21/h4-14,16,22,25,32H,2-3,15H2,1H3,(H,30,33)/t22-,25-/m1/s1. The first kappa shape index (κ1) is 22.0. The van der Waals surface area contributed by atoms with Gasteiger partial charge >= 0.3 is 0 Å². The lowest BCUT2D eigenvalue weighted by Gasteiger charge is -2.27. The summed E-state index contributed by atoms with van der Waals surface area (Å²) in [7, 11) is 1.55. The summed E-state index contributed by atoms with van der Waals surface area (Å²) >= 11 is 0. The minimum absolute atomic E-state index is 0.0279. The van der Waals surface area contributed by atoms with Crippen molar-refractivity contribution in [2.45, 2.75) is 24.8 Å². The van der Waals surface area contributed by atoms with Crippen molar-refractivity contribution >= 4 is 16.8 Å². The van der Waals surface area contributed by atoms with E-state index in [2.05, 4.69) is 15.4 Å². The van der Waals surface area contributed by atoms with Gasteiger partial charge in [0.05, 0.1) is 37.2 Å². The van der Waals surface area contributed by atoms with Crippen LogP contribution in [0.2, 0.25) is 0 Å². The lowest BCUT2D eigenvalue weighted by atomic mass is 9.85. The molecule has 1 aliphatic rings. The molecule has 174 valence electrons. The summed E-state index contributed by atoms with van der Waals surface area (Å²) < 4.78 is 20.3. The Morgan fingerprint density at radius 2 is 1.91 bits per heavy atom. The van der Waals surface area contributed by atoms with Gasteiger partial charge in [-0.05, 0) is 60.4 Å². The van der Waals surface area contributed by atoms with Crippen LogP contribution in [0.3, 0.4) is 0 Å². The first-order chi connectivity index (χ1) is 16.6. The Balaban J connectivity index is 1.54. The first-order valence-corrected chi connectivity index (χ1v) is 11.2. The number of fused-ring (bicyclic) bond motifs is 1. The number of rotatable bonds is 8. The number of nitrogens with one attached hydrogen (secondary N) is 1. The first-order valence-electron chi connectivity index (χ1n) is 11.2. The summed E-state index contributed by atoms with van der Waals surface area (Å²) in [5.74, 6) is -0.150.